The first-order valence-corrected chi connectivity index (χ1v) is 8.49. The predicted molar refractivity (Wildman–Crippen MR) is 80.9 cm³/mol. The van der Waals surface area contributed by atoms with Crippen LogP contribution in [-0.4, -0.2) is 56.3 Å². The molecule has 6 nitrogen and oxygen atoms in total. The van der Waals surface area contributed by atoms with E-state index in [1.807, 2.05) is 0 Å². The minimum atomic E-state index is -3.72. The molecule has 0 bridgehead atoms. The maximum absolute atomic E-state index is 12.6. The first-order valence-electron chi connectivity index (χ1n) is 6.30. The molecule has 21 heavy (non-hydrogen) atoms. The van der Waals surface area contributed by atoms with Gasteiger partial charge in [-0.3, -0.25) is 4.79 Å². The highest BCUT2D eigenvalue weighted by Crippen LogP contribution is 2.31. The van der Waals surface area contributed by atoms with Crippen LogP contribution in [0.5, 0.6) is 0 Å². The Morgan fingerprint density at radius 2 is 1.81 bits per heavy atom. The molecule has 0 aliphatic carbocycles. The number of rotatable bonds is 3. The molecular formula is C12H15Cl2N3O3S. The van der Waals surface area contributed by atoms with Crippen LogP contribution in [0.1, 0.15) is 0 Å². The Bertz CT molecular complexity index is 643. The summed E-state index contributed by atoms with van der Waals surface area (Å²) in [7, 11) is -3.72. The Morgan fingerprint density at radius 1 is 1.19 bits per heavy atom. The Labute approximate surface area is 133 Å². The molecule has 0 spiro atoms. The zero-order valence-corrected chi connectivity index (χ0v) is 13.5. The largest absolute Gasteiger partial charge is 0.339 e. The van der Waals surface area contributed by atoms with Gasteiger partial charge in [-0.25, -0.2) is 8.42 Å². The van der Waals surface area contributed by atoms with Crippen LogP contribution in [0.25, 0.3) is 0 Å². The molecule has 2 N–H and O–H groups in total. The number of carbonyl (C=O) groups excluding carboxylic acids is 1. The summed E-state index contributed by atoms with van der Waals surface area (Å²) in [6.07, 6.45) is 0. The molecule has 116 valence electrons. The number of nitrogens with zero attached hydrogens (tertiary/aromatic N) is 2. The van der Waals surface area contributed by atoms with E-state index in [-0.39, 0.29) is 40.5 Å². The maximum atomic E-state index is 12.6. The number of amides is 1. The highest BCUT2D eigenvalue weighted by molar-refractivity contribution is 7.89. The summed E-state index contributed by atoms with van der Waals surface area (Å²) in [4.78, 5) is 13.0. The molecule has 1 aliphatic rings. The highest BCUT2D eigenvalue weighted by Gasteiger charge is 2.31. The molecule has 0 aromatic heterocycles. The van der Waals surface area contributed by atoms with Crippen molar-refractivity contribution >= 4 is 39.1 Å². The summed E-state index contributed by atoms with van der Waals surface area (Å²) in [5.41, 5.74) is 5.30. The van der Waals surface area contributed by atoms with Crippen molar-refractivity contribution in [3.63, 3.8) is 0 Å². The summed E-state index contributed by atoms with van der Waals surface area (Å²) in [6.45, 7) is 0.960. The van der Waals surface area contributed by atoms with Gasteiger partial charge in [-0.05, 0) is 12.1 Å². The number of nitrogens with two attached hydrogens (primary N) is 1. The molecule has 1 aliphatic heterocycles. The van der Waals surface area contributed by atoms with Gasteiger partial charge in [0.05, 0.1) is 16.6 Å². The Hall–Kier alpha value is -0.860. The average molecular weight is 352 g/mol. The third-order valence-corrected chi connectivity index (χ3v) is 6.17. The van der Waals surface area contributed by atoms with E-state index in [4.69, 9.17) is 28.9 Å². The molecule has 1 saturated heterocycles. The van der Waals surface area contributed by atoms with Gasteiger partial charge in [0.1, 0.15) is 4.90 Å². The summed E-state index contributed by atoms with van der Waals surface area (Å²) < 4.78 is 26.4. The van der Waals surface area contributed by atoms with E-state index in [9.17, 15) is 13.2 Å². The normalized spacial score (nSPS) is 17.0. The molecule has 1 aromatic carbocycles. The molecule has 0 saturated carbocycles. The van der Waals surface area contributed by atoms with Gasteiger partial charge >= 0.3 is 0 Å². The van der Waals surface area contributed by atoms with E-state index in [0.717, 1.165) is 0 Å². The van der Waals surface area contributed by atoms with Crippen LogP contribution >= 0.6 is 23.2 Å². The molecule has 0 unspecified atom stereocenters. The van der Waals surface area contributed by atoms with E-state index >= 15 is 0 Å². The lowest BCUT2D eigenvalue weighted by Crippen LogP contribution is -2.51. The molecule has 9 heteroatoms. The highest BCUT2D eigenvalue weighted by atomic mass is 35.5. The van der Waals surface area contributed by atoms with Crippen LogP contribution in [0.15, 0.2) is 23.1 Å². The lowest BCUT2D eigenvalue weighted by molar-refractivity contribution is -0.130. The molecular weight excluding hydrogens is 337 g/mol. The maximum Gasteiger partial charge on any atom is 0.244 e. The van der Waals surface area contributed by atoms with Crippen molar-refractivity contribution in [1.29, 1.82) is 0 Å². The lowest BCUT2D eigenvalue weighted by atomic mass is 10.3. The summed E-state index contributed by atoms with van der Waals surface area (Å²) in [5, 5.41) is 0.203. The SMILES string of the molecule is NCC(=O)N1CCN(S(=O)(=O)c2cccc(Cl)c2Cl)CC1. The minimum absolute atomic E-state index is 0.0135. The van der Waals surface area contributed by atoms with Crippen LogP contribution in [0.3, 0.4) is 0 Å². The van der Waals surface area contributed by atoms with Crippen LogP contribution in [0.4, 0.5) is 0 Å². The first-order chi connectivity index (χ1) is 9.87. The molecule has 2 rings (SSSR count). The minimum Gasteiger partial charge on any atom is -0.339 e. The van der Waals surface area contributed by atoms with Crippen LogP contribution in [0, 0.1) is 0 Å². The van der Waals surface area contributed by atoms with Gasteiger partial charge in [-0.1, -0.05) is 29.3 Å². The number of halogens is 2. The Morgan fingerprint density at radius 3 is 2.38 bits per heavy atom. The zero-order valence-electron chi connectivity index (χ0n) is 11.1. The van der Waals surface area contributed by atoms with Crippen molar-refractivity contribution in [3.05, 3.63) is 28.2 Å². The Kier molecular flexibility index (Phi) is 5.11. The number of sulfonamides is 1. The number of hydrogen-bond donors (Lipinski definition) is 1. The first kappa shape index (κ1) is 16.5. The van der Waals surface area contributed by atoms with E-state index in [2.05, 4.69) is 0 Å². The van der Waals surface area contributed by atoms with Crippen molar-refractivity contribution in [1.82, 2.24) is 9.21 Å². The van der Waals surface area contributed by atoms with Gasteiger partial charge in [0, 0.05) is 26.2 Å². The topological polar surface area (TPSA) is 83.7 Å². The van der Waals surface area contributed by atoms with Crippen LogP contribution in [0.2, 0.25) is 10.0 Å². The number of hydrogen-bond acceptors (Lipinski definition) is 4. The van der Waals surface area contributed by atoms with Crippen molar-refractivity contribution in [2.75, 3.05) is 32.7 Å². The van der Waals surface area contributed by atoms with E-state index in [1.165, 1.54) is 22.5 Å². The third-order valence-electron chi connectivity index (χ3n) is 3.30. The summed E-state index contributed by atoms with van der Waals surface area (Å²) in [5.74, 6) is -0.187. The smallest absolute Gasteiger partial charge is 0.244 e. The molecule has 1 heterocycles. The van der Waals surface area contributed by atoms with Crippen molar-refractivity contribution in [2.24, 2.45) is 5.73 Å². The van der Waals surface area contributed by atoms with Crippen LogP contribution < -0.4 is 5.73 Å². The average Bonchev–Trinajstić information content (AvgIpc) is 2.49. The summed E-state index contributed by atoms with van der Waals surface area (Å²) >= 11 is 11.8. The standard InChI is InChI=1S/C12H15Cl2N3O3S/c13-9-2-1-3-10(12(9)14)21(19,20)17-6-4-16(5-7-17)11(18)8-15/h1-3H,4-8,15H2. The van der Waals surface area contributed by atoms with Crippen molar-refractivity contribution in [2.45, 2.75) is 4.90 Å². The molecule has 0 radical (unpaired) electrons. The van der Waals surface area contributed by atoms with Gasteiger partial charge in [0.2, 0.25) is 15.9 Å². The van der Waals surface area contributed by atoms with Gasteiger partial charge < -0.3 is 10.6 Å². The molecule has 0 atom stereocenters. The van der Waals surface area contributed by atoms with Gasteiger partial charge in [-0.2, -0.15) is 4.31 Å². The molecule has 1 aromatic rings. The van der Waals surface area contributed by atoms with E-state index in [0.29, 0.717) is 13.1 Å². The lowest BCUT2D eigenvalue weighted by Gasteiger charge is -2.34. The monoisotopic (exact) mass is 351 g/mol. The van der Waals surface area contributed by atoms with E-state index in [1.54, 1.807) is 4.90 Å². The fourth-order valence-corrected chi connectivity index (χ4v) is 4.29. The number of carbonyl (C=O) groups is 1. The number of benzene rings is 1. The zero-order chi connectivity index (χ0) is 15.6. The van der Waals surface area contributed by atoms with Gasteiger partial charge in [-0.15, -0.1) is 0 Å². The van der Waals surface area contributed by atoms with Crippen molar-refractivity contribution in [3.8, 4) is 0 Å². The molecule has 1 amide bonds. The second-order valence-corrected chi connectivity index (χ2v) is 7.23. The van der Waals surface area contributed by atoms with Gasteiger partial charge in [0.25, 0.3) is 0 Å². The quantitative estimate of drug-likeness (QED) is 0.872. The Balaban J connectivity index is 2.19. The van der Waals surface area contributed by atoms with Gasteiger partial charge in [0.15, 0.2) is 0 Å². The molecule has 1 fully saturated rings. The second kappa shape index (κ2) is 6.50. The second-order valence-electron chi connectivity index (χ2n) is 4.54. The predicted octanol–water partition coefficient (Wildman–Crippen LogP) is 0.785. The van der Waals surface area contributed by atoms with Crippen molar-refractivity contribution < 1.29 is 13.2 Å². The summed E-state index contributed by atoms with van der Waals surface area (Å²) in [6, 6.07) is 4.48. The third kappa shape index (κ3) is 3.32. The fraction of sp³-hybridized carbons (Fsp3) is 0.417. The fourth-order valence-electron chi connectivity index (χ4n) is 2.13. The van der Waals surface area contributed by atoms with Crippen LogP contribution in [-0.2, 0) is 14.8 Å². The number of piperazine rings is 1. The van der Waals surface area contributed by atoms with E-state index < -0.39 is 10.0 Å².